The second-order valence-corrected chi connectivity index (χ2v) is 6.77. The minimum absolute atomic E-state index is 0.0435. The van der Waals surface area contributed by atoms with E-state index in [2.05, 4.69) is 25.0 Å². The van der Waals surface area contributed by atoms with Gasteiger partial charge in [-0.05, 0) is 55.0 Å². The Kier molecular flexibility index (Phi) is 5.28. The van der Waals surface area contributed by atoms with Crippen LogP contribution in [0.25, 0.3) is 11.0 Å². The summed E-state index contributed by atoms with van der Waals surface area (Å²) in [4.78, 5) is 11.4. The SMILES string of the molecule is CC(Nc1ccc2nc(N)[nH]c2c1)c1ccc(Oc2ccc(OC(F)(F)F)cc2)nc1. The summed E-state index contributed by atoms with van der Waals surface area (Å²) in [5, 5.41) is 3.38. The molecule has 0 fully saturated rings. The minimum atomic E-state index is -4.73. The monoisotopic (exact) mass is 429 g/mol. The fraction of sp³-hybridized carbons (Fsp3) is 0.143. The summed E-state index contributed by atoms with van der Waals surface area (Å²) >= 11 is 0. The lowest BCUT2D eigenvalue weighted by molar-refractivity contribution is -0.274. The van der Waals surface area contributed by atoms with E-state index in [1.54, 1.807) is 12.3 Å². The number of benzene rings is 2. The number of nitrogen functional groups attached to an aromatic ring is 1. The molecule has 10 heteroatoms. The lowest BCUT2D eigenvalue weighted by Crippen LogP contribution is -2.16. The van der Waals surface area contributed by atoms with E-state index < -0.39 is 6.36 Å². The molecule has 2 aromatic carbocycles. The van der Waals surface area contributed by atoms with E-state index in [0.717, 1.165) is 22.3 Å². The van der Waals surface area contributed by atoms with Crippen molar-refractivity contribution in [2.75, 3.05) is 11.1 Å². The predicted molar refractivity (Wildman–Crippen MR) is 110 cm³/mol. The second kappa shape index (κ2) is 8.05. The molecule has 0 bridgehead atoms. The van der Waals surface area contributed by atoms with Gasteiger partial charge in [-0.2, -0.15) is 0 Å². The Hall–Kier alpha value is -3.95. The van der Waals surface area contributed by atoms with Crippen molar-refractivity contribution in [1.29, 1.82) is 0 Å². The van der Waals surface area contributed by atoms with Crippen LogP contribution in [0.3, 0.4) is 0 Å². The highest BCUT2D eigenvalue weighted by atomic mass is 19.4. The van der Waals surface area contributed by atoms with Crippen LogP contribution in [0.1, 0.15) is 18.5 Å². The maximum atomic E-state index is 12.2. The fourth-order valence-electron chi connectivity index (χ4n) is 2.99. The third-order valence-electron chi connectivity index (χ3n) is 4.42. The van der Waals surface area contributed by atoms with Gasteiger partial charge in [0.1, 0.15) is 11.5 Å². The molecule has 0 saturated heterocycles. The average molecular weight is 429 g/mol. The number of nitrogens with two attached hydrogens (primary N) is 1. The van der Waals surface area contributed by atoms with Crippen molar-refractivity contribution in [2.45, 2.75) is 19.3 Å². The van der Waals surface area contributed by atoms with Crippen LogP contribution in [0, 0.1) is 0 Å². The van der Waals surface area contributed by atoms with Crippen LogP contribution in [0.15, 0.2) is 60.8 Å². The number of aromatic nitrogens is 3. The van der Waals surface area contributed by atoms with Crippen molar-refractivity contribution in [3.05, 3.63) is 66.4 Å². The molecule has 2 heterocycles. The molecule has 0 aliphatic heterocycles. The topological polar surface area (TPSA) is 98.1 Å². The smallest absolute Gasteiger partial charge is 0.439 e. The van der Waals surface area contributed by atoms with Crippen molar-refractivity contribution in [2.24, 2.45) is 0 Å². The molecular weight excluding hydrogens is 411 g/mol. The fourth-order valence-corrected chi connectivity index (χ4v) is 2.99. The number of nitrogens with zero attached hydrogens (tertiary/aromatic N) is 2. The molecule has 2 aromatic heterocycles. The average Bonchev–Trinajstić information content (AvgIpc) is 3.08. The van der Waals surface area contributed by atoms with Gasteiger partial charge in [-0.25, -0.2) is 9.97 Å². The Balaban J connectivity index is 1.38. The van der Waals surface area contributed by atoms with Gasteiger partial charge in [0, 0.05) is 18.0 Å². The summed E-state index contributed by atoms with van der Waals surface area (Å²) in [6, 6.07) is 14.3. The van der Waals surface area contributed by atoms with Gasteiger partial charge in [0.25, 0.3) is 0 Å². The van der Waals surface area contributed by atoms with E-state index >= 15 is 0 Å². The number of pyridine rings is 1. The molecule has 4 N–H and O–H groups in total. The van der Waals surface area contributed by atoms with Gasteiger partial charge < -0.3 is 25.5 Å². The van der Waals surface area contributed by atoms with E-state index in [-0.39, 0.29) is 11.8 Å². The lowest BCUT2D eigenvalue weighted by Gasteiger charge is -2.16. The number of nitrogens with one attached hydrogen (secondary N) is 2. The van der Waals surface area contributed by atoms with E-state index in [4.69, 9.17) is 10.5 Å². The molecule has 4 aromatic rings. The third kappa shape index (κ3) is 5.16. The summed E-state index contributed by atoms with van der Waals surface area (Å²) in [7, 11) is 0. The molecule has 1 unspecified atom stereocenters. The summed E-state index contributed by atoms with van der Waals surface area (Å²) in [6.45, 7) is 1.99. The van der Waals surface area contributed by atoms with Gasteiger partial charge in [0.15, 0.2) is 5.95 Å². The van der Waals surface area contributed by atoms with Crippen LogP contribution >= 0.6 is 0 Å². The number of alkyl halides is 3. The minimum Gasteiger partial charge on any atom is -0.439 e. The van der Waals surface area contributed by atoms with Crippen LogP contribution in [0.2, 0.25) is 0 Å². The number of rotatable bonds is 6. The predicted octanol–water partition coefficient (Wildman–Crippen LogP) is 5.40. The van der Waals surface area contributed by atoms with E-state index in [9.17, 15) is 13.2 Å². The molecule has 0 amide bonds. The molecular formula is C21H18F3N5O2. The van der Waals surface area contributed by atoms with Crippen LogP contribution in [-0.4, -0.2) is 21.3 Å². The van der Waals surface area contributed by atoms with Crippen molar-refractivity contribution < 1.29 is 22.6 Å². The Morgan fingerprint density at radius 1 is 1.03 bits per heavy atom. The molecule has 0 saturated carbocycles. The molecule has 31 heavy (non-hydrogen) atoms. The molecule has 4 rings (SSSR count). The van der Waals surface area contributed by atoms with Crippen LogP contribution in [0.4, 0.5) is 24.8 Å². The summed E-state index contributed by atoms with van der Waals surface area (Å²) in [5.41, 5.74) is 9.12. The zero-order valence-corrected chi connectivity index (χ0v) is 16.3. The first-order valence-corrected chi connectivity index (χ1v) is 9.26. The summed E-state index contributed by atoms with van der Waals surface area (Å²) in [5.74, 6) is 0.699. The molecule has 7 nitrogen and oxygen atoms in total. The molecule has 1 atom stereocenters. The molecule has 0 aliphatic carbocycles. The largest absolute Gasteiger partial charge is 0.573 e. The number of ether oxygens (including phenoxy) is 2. The highest BCUT2D eigenvalue weighted by molar-refractivity contribution is 5.81. The number of halogens is 3. The Labute approximate surface area is 175 Å². The highest BCUT2D eigenvalue weighted by Gasteiger charge is 2.31. The number of aromatic amines is 1. The van der Waals surface area contributed by atoms with Crippen molar-refractivity contribution in [1.82, 2.24) is 15.0 Å². The summed E-state index contributed by atoms with van der Waals surface area (Å²) < 4.78 is 46.1. The van der Waals surface area contributed by atoms with Gasteiger partial charge in [-0.3, -0.25) is 0 Å². The second-order valence-electron chi connectivity index (χ2n) is 6.77. The quantitative estimate of drug-likeness (QED) is 0.379. The van der Waals surface area contributed by atoms with Gasteiger partial charge >= 0.3 is 6.36 Å². The molecule has 0 radical (unpaired) electrons. The number of anilines is 2. The van der Waals surface area contributed by atoms with E-state index in [1.165, 1.54) is 24.3 Å². The normalized spacial score (nSPS) is 12.5. The maximum absolute atomic E-state index is 12.2. The van der Waals surface area contributed by atoms with E-state index in [0.29, 0.717) is 17.6 Å². The van der Waals surface area contributed by atoms with Crippen molar-refractivity contribution in [3.63, 3.8) is 0 Å². The summed E-state index contributed by atoms with van der Waals surface area (Å²) in [6.07, 6.45) is -3.07. The number of imidazole rings is 1. The first-order chi connectivity index (χ1) is 14.7. The first-order valence-electron chi connectivity index (χ1n) is 9.26. The van der Waals surface area contributed by atoms with Crippen molar-refractivity contribution >= 4 is 22.7 Å². The number of hydrogen-bond acceptors (Lipinski definition) is 6. The zero-order chi connectivity index (χ0) is 22.0. The Bertz CT molecular complexity index is 1170. The van der Waals surface area contributed by atoms with Crippen molar-refractivity contribution in [3.8, 4) is 17.4 Å². The standard InChI is InChI=1S/C21H18F3N5O2/c1-12(27-14-3-8-17-18(10-14)29-20(25)28-17)13-2-9-19(26-11-13)30-15-4-6-16(7-5-15)31-21(22,23)24/h2-12,27H,1H3,(H3,25,28,29). The Morgan fingerprint density at radius 2 is 1.77 bits per heavy atom. The highest BCUT2D eigenvalue weighted by Crippen LogP contribution is 2.28. The van der Waals surface area contributed by atoms with E-state index in [1.807, 2.05) is 31.2 Å². The number of fused-ring (bicyclic) bond motifs is 1. The zero-order valence-electron chi connectivity index (χ0n) is 16.3. The van der Waals surface area contributed by atoms with Crippen LogP contribution < -0.4 is 20.5 Å². The molecule has 0 aliphatic rings. The van der Waals surface area contributed by atoms with Gasteiger partial charge in [0.05, 0.1) is 17.1 Å². The Morgan fingerprint density at radius 3 is 2.45 bits per heavy atom. The molecule has 160 valence electrons. The number of hydrogen-bond donors (Lipinski definition) is 3. The third-order valence-corrected chi connectivity index (χ3v) is 4.42. The van der Waals surface area contributed by atoms with Gasteiger partial charge in [-0.15, -0.1) is 13.2 Å². The lowest BCUT2D eigenvalue weighted by atomic mass is 10.1. The van der Waals surface area contributed by atoms with Gasteiger partial charge in [0.2, 0.25) is 5.88 Å². The van der Waals surface area contributed by atoms with Crippen LogP contribution in [-0.2, 0) is 0 Å². The molecule has 0 spiro atoms. The van der Waals surface area contributed by atoms with Crippen LogP contribution in [0.5, 0.6) is 17.4 Å². The first kappa shape index (κ1) is 20.3. The number of H-pyrrole nitrogens is 1. The maximum Gasteiger partial charge on any atom is 0.573 e. The van der Waals surface area contributed by atoms with Gasteiger partial charge in [-0.1, -0.05) is 6.07 Å².